The predicted octanol–water partition coefficient (Wildman–Crippen LogP) is 0.472. The van der Waals surface area contributed by atoms with E-state index in [1.807, 2.05) is 6.92 Å². The standard InChI is InChI=1S/C12H22N2O3.ClH/c1-12(4-2-3-5-14-12)11(15)13-8-10-9-16-6-7-17-10;/h10,14H,2-9H2,1H3,(H,13,15);1H. The highest BCUT2D eigenvalue weighted by atomic mass is 35.5. The van der Waals surface area contributed by atoms with Gasteiger partial charge in [-0.25, -0.2) is 0 Å². The Morgan fingerprint density at radius 2 is 2.28 bits per heavy atom. The summed E-state index contributed by atoms with van der Waals surface area (Å²) in [4.78, 5) is 12.1. The lowest BCUT2D eigenvalue weighted by Gasteiger charge is -2.34. The van der Waals surface area contributed by atoms with Crippen molar-refractivity contribution in [1.29, 1.82) is 0 Å². The van der Waals surface area contributed by atoms with Crippen LogP contribution in [-0.2, 0) is 14.3 Å². The molecule has 2 heterocycles. The molecule has 0 aliphatic carbocycles. The van der Waals surface area contributed by atoms with Crippen molar-refractivity contribution in [2.45, 2.75) is 37.8 Å². The lowest BCUT2D eigenvalue weighted by molar-refractivity contribution is -0.130. The Kier molecular flexibility index (Phi) is 6.35. The molecule has 1 amide bonds. The van der Waals surface area contributed by atoms with Gasteiger partial charge in [-0.2, -0.15) is 0 Å². The molecule has 2 N–H and O–H groups in total. The second kappa shape index (κ2) is 7.28. The summed E-state index contributed by atoms with van der Waals surface area (Å²) >= 11 is 0. The van der Waals surface area contributed by atoms with Crippen LogP contribution in [0.5, 0.6) is 0 Å². The molecule has 0 aromatic carbocycles. The van der Waals surface area contributed by atoms with Gasteiger partial charge in [-0.3, -0.25) is 4.79 Å². The van der Waals surface area contributed by atoms with E-state index in [1.54, 1.807) is 0 Å². The summed E-state index contributed by atoms with van der Waals surface area (Å²) in [5.41, 5.74) is -0.409. The number of rotatable bonds is 3. The van der Waals surface area contributed by atoms with Gasteiger partial charge in [0, 0.05) is 6.54 Å². The normalized spacial score (nSPS) is 32.4. The summed E-state index contributed by atoms with van der Waals surface area (Å²) in [6.07, 6.45) is 3.17. The minimum absolute atomic E-state index is 0. The second-order valence-corrected chi connectivity index (χ2v) is 4.99. The molecule has 2 rings (SSSR count). The number of hydrogen-bond donors (Lipinski definition) is 2. The zero-order chi connectivity index (χ0) is 12.1. The van der Waals surface area contributed by atoms with Crippen molar-refractivity contribution in [1.82, 2.24) is 10.6 Å². The molecule has 0 spiro atoms. The van der Waals surface area contributed by atoms with Crippen LogP contribution in [0.15, 0.2) is 0 Å². The summed E-state index contributed by atoms with van der Waals surface area (Å²) in [6, 6.07) is 0. The van der Waals surface area contributed by atoms with Gasteiger partial charge in [0.2, 0.25) is 5.91 Å². The van der Waals surface area contributed by atoms with Gasteiger partial charge in [-0.15, -0.1) is 12.4 Å². The Labute approximate surface area is 114 Å². The van der Waals surface area contributed by atoms with E-state index in [1.165, 1.54) is 0 Å². The Hall–Kier alpha value is -0.360. The molecule has 2 aliphatic heterocycles. The van der Waals surface area contributed by atoms with Crippen LogP contribution in [0, 0.1) is 0 Å². The number of nitrogens with one attached hydrogen (secondary N) is 2. The molecule has 0 saturated carbocycles. The topological polar surface area (TPSA) is 59.6 Å². The van der Waals surface area contributed by atoms with Crippen LogP contribution < -0.4 is 10.6 Å². The van der Waals surface area contributed by atoms with E-state index in [-0.39, 0.29) is 24.4 Å². The number of carbonyl (C=O) groups excluding carboxylic acids is 1. The molecular weight excluding hydrogens is 256 g/mol. The van der Waals surface area contributed by atoms with E-state index in [0.717, 1.165) is 25.8 Å². The SMILES string of the molecule is CC1(C(=O)NCC2COCCO2)CCCCN1.Cl. The van der Waals surface area contributed by atoms with E-state index in [0.29, 0.717) is 26.4 Å². The zero-order valence-corrected chi connectivity index (χ0v) is 11.7. The molecule has 5 nitrogen and oxygen atoms in total. The van der Waals surface area contributed by atoms with Crippen molar-refractivity contribution in [3.05, 3.63) is 0 Å². The van der Waals surface area contributed by atoms with Gasteiger partial charge < -0.3 is 20.1 Å². The van der Waals surface area contributed by atoms with Crippen LogP contribution in [-0.4, -0.2) is 50.5 Å². The third kappa shape index (κ3) is 4.09. The van der Waals surface area contributed by atoms with Gasteiger partial charge in [0.15, 0.2) is 0 Å². The van der Waals surface area contributed by atoms with Gasteiger partial charge in [-0.1, -0.05) is 0 Å². The fourth-order valence-electron chi connectivity index (χ4n) is 2.31. The van der Waals surface area contributed by atoms with Crippen LogP contribution in [0.3, 0.4) is 0 Å². The van der Waals surface area contributed by atoms with E-state index >= 15 is 0 Å². The minimum Gasteiger partial charge on any atom is -0.376 e. The molecule has 0 aromatic rings. The van der Waals surface area contributed by atoms with Crippen LogP contribution in [0.4, 0.5) is 0 Å². The van der Waals surface area contributed by atoms with Crippen molar-refractivity contribution < 1.29 is 14.3 Å². The van der Waals surface area contributed by atoms with Gasteiger partial charge in [-0.05, 0) is 32.7 Å². The van der Waals surface area contributed by atoms with Crippen molar-refractivity contribution in [3.63, 3.8) is 0 Å². The molecule has 0 bridgehead atoms. The van der Waals surface area contributed by atoms with Crippen LogP contribution in [0.2, 0.25) is 0 Å². The molecule has 2 atom stereocenters. The first kappa shape index (κ1) is 15.7. The first-order valence-corrected chi connectivity index (χ1v) is 6.43. The van der Waals surface area contributed by atoms with Gasteiger partial charge >= 0.3 is 0 Å². The second-order valence-electron chi connectivity index (χ2n) is 4.99. The fourth-order valence-corrected chi connectivity index (χ4v) is 2.31. The third-order valence-corrected chi connectivity index (χ3v) is 3.50. The summed E-state index contributed by atoms with van der Waals surface area (Å²) in [6.45, 7) is 5.28. The van der Waals surface area contributed by atoms with Crippen LogP contribution in [0.1, 0.15) is 26.2 Å². The minimum atomic E-state index is -0.409. The highest BCUT2D eigenvalue weighted by Gasteiger charge is 2.34. The molecule has 0 aromatic heterocycles. The van der Waals surface area contributed by atoms with Crippen LogP contribution >= 0.6 is 12.4 Å². The molecule has 2 fully saturated rings. The van der Waals surface area contributed by atoms with Crippen molar-refractivity contribution in [3.8, 4) is 0 Å². The van der Waals surface area contributed by atoms with Gasteiger partial charge in [0.1, 0.15) is 0 Å². The average molecular weight is 279 g/mol. The van der Waals surface area contributed by atoms with Crippen molar-refractivity contribution in [2.24, 2.45) is 0 Å². The smallest absolute Gasteiger partial charge is 0.240 e. The highest BCUT2D eigenvalue weighted by molar-refractivity contribution is 5.86. The van der Waals surface area contributed by atoms with Crippen molar-refractivity contribution >= 4 is 18.3 Å². The Morgan fingerprint density at radius 3 is 2.89 bits per heavy atom. The molecule has 6 heteroatoms. The van der Waals surface area contributed by atoms with E-state index in [4.69, 9.17) is 9.47 Å². The molecule has 18 heavy (non-hydrogen) atoms. The predicted molar refractivity (Wildman–Crippen MR) is 71.1 cm³/mol. The molecular formula is C12H23ClN2O3. The number of amides is 1. The van der Waals surface area contributed by atoms with E-state index in [9.17, 15) is 4.79 Å². The van der Waals surface area contributed by atoms with E-state index < -0.39 is 5.54 Å². The third-order valence-electron chi connectivity index (χ3n) is 3.50. The summed E-state index contributed by atoms with van der Waals surface area (Å²) in [5.74, 6) is 0.0753. The number of carbonyl (C=O) groups is 1. The molecule has 2 saturated heterocycles. The average Bonchev–Trinajstić information content (AvgIpc) is 2.38. The Bertz CT molecular complexity index is 264. The van der Waals surface area contributed by atoms with Gasteiger partial charge in [0.25, 0.3) is 0 Å². The van der Waals surface area contributed by atoms with E-state index in [2.05, 4.69) is 10.6 Å². The monoisotopic (exact) mass is 278 g/mol. The fraction of sp³-hybridized carbons (Fsp3) is 0.917. The summed E-state index contributed by atoms with van der Waals surface area (Å²) < 4.78 is 10.8. The van der Waals surface area contributed by atoms with Crippen molar-refractivity contribution in [2.75, 3.05) is 32.9 Å². The van der Waals surface area contributed by atoms with Crippen LogP contribution in [0.25, 0.3) is 0 Å². The molecule has 0 radical (unpaired) electrons. The number of hydrogen-bond acceptors (Lipinski definition) is 4. The molecule has 106 valence electrons. The number of halogens is 1. The summed E-state index contributed by atoms with van der Waals surface area (Å²) in [7, 11) is 0. The number of piperidine rings is 1. The Balaban J connectivity index is 0.00000162. The molecule has 2 unspecified atom stereocenters. The molecule has 2 aliphatic rings. The quantitative estimate of drug-likeness (QED) is 0.788. The highest BCUT2D eigenvalue weighted by Crippen LogP contribution is 2.18. The Morgan fingerprint density at radius 1 is 1.44 bits per heavy atom. The van der Waals surface area contributed by atoms with Gasteiger partial charge in [0.05, 0.1) is 31.5 Å². The maximum Gasteiger partial charge on any atom is 0.240 e. The first-order chi connectivity index (χ1) is 8.21. The zero-order valence-electron chi connectivity index (χ0n) is 10.9. The lowest BCUT2D eigenvalue weighted by Crippen LogP contribution is -2.58. The number of ether oxygens (including phenoxy) is 2. The maximum atomic E-state index is 12.1. The maximum absolute atomic E-state index is 12.1. The largest absolute Gasteiger partial charge is 0.376 e. The summed E-state index contributed by atoms with van der Waals surface area (Å²) in [5, 5.41) is 6.26. The first-order valence-electron chi connectivity index (χ1n) is 6.43. The lowest BCUT2D eigenvalue weighted by atomic mass is 9.90.